The number of hydrogen-bond acceptors (Lipinski definition) is 4. The van der Waals surface area contributed by atoms with Crippen molar-refractivity contribution >= 4 is 29.2 Å². The SMILES string of the molecule is O=C(NC(=Cc1cccs1)C(=O)N1CC2CC(C1)c1cccc(=O)n1C2)c1ccc(F)cc1. The molecular formula is C25H22FN3O3S. The van der Waals surface area contributed by atoms with Crippen molar-refractivity contribution in [3.8, 4) is 0 Å². The van der Waals surface area contributed by atoms with E-state index in [-0.39, 0.29) is 34.6 Å². The Balaban J connectivity index is 1.41. The number of halogens is 1. The Morgan fingerprint density at radius 3 is 2.61 bits per heavy atom. The molecule has 168 valence electrons. The van der Waals surface area contributed by atoms with Gasteiger partial charge in [0.15, 0.2) is 0 Å². The van der Waals surface area contributed by atoms with Gasteiger partial charge >= 0.3 is 0 Å². The van der Waals surface area contributed by atoms with E-state index < -0.39 is 11.7 Å². The average molecular weight is 464 g/mol. The molecule has 0 aliphatic carbocycles. The predicted octanol–water partition coefficient (Wildman–Crippen LogP) is 3.47. The van der Waals surface area contributed by atoms with Crippen molar-refractivity contribution in [3.05, 3.63) is 98.0 Å². The molecule has 2 aliphatic rings. The summed E-state index contributed by atoms with van der Waals surface area (Å²) in [4.78, 5) is 41.3. The third kappa shape index (κ3) is 4.39. The van der Waals surface area contributed by atoms with Gasteiger partial charge in [-0.2, -0.15) is 0 Å². The van der Waals surface area contributed by atoms with Gasteiger partial charge < -0.3 is 14.8 Å². The Kier molecular flexibility index (Phi) is 5.68. The van der Waals surface area contributed by atoms with Crippen LogP contribution in [0.3, 0.4) is 0 Å². The van der Waals surface area contributed by atoms with E-state index in [0.717, 1.165) is 17.0 Å². The molecule has 5 rings (SSSR count). The van der Waals surface area contributed by atoms with Crippen LogP contribution in [0.2, 0.25) is 0 Å². The summed E-state index contributed by atoms with van der Waals surface area (Å²) >= 11 is 1.46. The lowest BCUT2D eigenvalue weighted by Crippen LogP contribution is -2.50. The number of thiophene rings is 1. The molecule has 1 N–H and O–H groups in total. The molecule has 2 unspecified atom stereocenters. The number of hydrogen-bond donors (Lipinski definition) is 1. The summed E-state index contributed by atoms with van der Waals surface area (Å²) < 4.78 is 15.1. The number of fused-ring (bicyclic) bond motifs is 4. The Bertz CT molecular complexity index is 1280. The molecule has 2 bridgehead atoms. The fraction of sp³-hybridized carbons (Fsp3) is 0.240. The van der Waals surface area contributed by atoms with Crippen LogP contribution >= 0.6 is 11.3 Å². The third-order valence-electron chi connectivity index (χ3n) is 6.18. The van der Waals surface area contributed by atoms with Crippen molar-refractivity contribution in [1.29, 1.82) is 0 Å². The van der Waals surface area contributed by atoms with E-state index in [1.54, 1.807) is 23.1 Å². The molecule has 6 nitrogen and oxygen atoms in total. The van der Waals surface area contributed by atoms with E-state index in [1.807, 2.05) is 28.1 Å². The van der Waals surface area contributed by atoms with Crippen LogP contribution in [-0.4, -0.2) is 34.4 Å². The van der Waals surface area contributed by atoms with Gasteiger partial charge in [-0.3, -0.25) is 14.4 Å². The number of benzene rings is 1. The number of nitrogens with zero attached hydrogens (tertiary/aromatic N) is 2. The molecule has 0 spiro atoms. The second-order valence-corrected chi connectivity index (χ2v) is 9.42. The van der Waals surface area contributed by atoms with E-state index in [2.05, 4.69) is 5.32 Å². The monoisotopic (exact) mass is 463 g/mol. The van der Waals surface area contributed by atoms with Gasteiger partial charge in [-0.05, 0) is 60.2 Å². The zero-order chi connectivity index (χ0) is 22.9. The van der Waals surface area contributed by atoms with Gasteiger partial charge in [0.25, 0.3) is 17.4 Å². The second kappa shape index (κ2) is 8.78. The molecule has 2 amide bonds. The maximum Gasteiger partial charge on any atom is 0.270 e. The number of rotatable bonds is 4. The highest BCUT2D eigenvalue weighted by molar-refractivity contribution is 7.10. The maximum absolute atomic E-state index is 13.6. The van der Waals surface area contributed by atoms with Gasteiger partial charge in [0, 0.05) is 47.8 Å². The van der Waals surface area contributed by atoms with Crippen LogP contribution in [-0.2, 0) is 11.3 Å². The van der Waals surface area contributed by atoms with Crippen molar-refractivity contribution in [1.82, 2.24) is 14.8 Å². The van der Waals surface area contributed by atoms with Gasteiger partial charge in [0.05, 0.1) is 0 Å². The normalized spacial score (nSPS) is 19.7. The fourth-order valence-corrected chi connectivity index (χ4v) is 5.35. The van der Waals surface area contributed by atoms with E-state index in [0.29, 0.717) is 19.6 Å². The van der Waals surface area contributed by atoms with Gasteiger partial charge in [-0.15, -0.1) is 11.3 Å². The highest BCUT2D eigenvalue weighted by Gasteiger charge is 2.37. The van der Waals surface area contributed by atoms with E-state index in [1.165, 1.54) is 35.6 Å². The minimum Gasteiger partial charge on any atom is -0.336 e. The van der Waals surface area contributed by atoms with E-state index in [9.17, 15) is 18.8 Å². The lowest BCUT2D eigenvalue weighted by molar-refractivity contribution is -0.130. The summed E-state index contributed by atoms with van der Waals surface area (Å²) in [7, 11) is 0. The van der Waals surface area contributed by atoms with E-state index >= 15 is 0 Å². The summed E-state index contributed by atoms with van der Waals surface area (Å²) in [5, 5.41) is 4.64. The smallest absolute Gasteiger partial charge is 0.270 e. The number of carbonyl (C=O) groups excluding carboxylic acids is 2. The van der Waals surface area contributed by atoms with Crippen molar-refractivity contribution in [2.24, 2.45) is 5.92 Å². The van der Waals surface area contributed by atoms with Crippen LogP contribution in [0.1, 0.15) is 33.3 Å². The largest absolute Gasteiger partial charge is 0.336 e. The van der Waals surface area contributed by atoms with Crippen LogP contribution in [0.4, 0.5) is 4.39 Å². The molecule has 33 heavy (non-hydrogen) atoms. The summed E-state index contributed by atoms with van der Waals surface area (Å²) in [6, 6.07) is 14.2. The lowest BCUT2D eigenvalue weighted by atomic mass is 9.83. The molecule has 1 fully saturated rings. The quantitative estimate of drug-likeness (QED) is 0.603. The fourth-order valence-electron chi connectivity index (χ4n) is 4.70. The first-order valence-corrected chi connectivity index (χ1v) is 11.7. The Hall–Kier alpha value is -3.52. The minimum absolute atomic E-state index is 0.00758. The van der Waals surface area contributed by atoms with Crippen molar-refractivity contribution in [3.63, 3.8) is 0 Å². The number of likely N-dealkylation sites (tertiary alicyclic amines) is 1. The van der Waals surface area contributed by atoms with Gasteiger partial charge in [-0.25, -0.2) is 4.39 Å². The molecule has 2 aromatic heterocycles. The van der Waals surface area contributed by atoms with Crippen LogP contribution in [0.5, 0.6) is 0 Å². The minimum atomic E-state index is -0.472. The molecule has 1 saturated heterocycles. The first-order chi connectivity index (χ1) is 16.0. The van der Waals surface area contributed by atoms with Crippen LogP contribution in [0.25, 0.3) is 6.08 Å². The molecule has 1 aromatic carbocycles. The van der Waals surface area contributed by atoms with Crippen LogP contribution in [0, 0.1) is 11.7 Å². The molecule has 0 saturated carbocycles. The number of amides is 2. The zero-order valence-electron chi connectivity index (χ0n) is 17.7. The van der Waals surface area contributed by atoms with Crippen LogP contribution < -0.4 is 10.9 Å². The van der Waals surface area contributed by atoms with Gasteiger partial charge in [0.1, 0.15) is 11.5 Å². The molecule has 2 aliphatic heterocycles. The zero-order valence-corrected chi connectivity index (χ0v) is 18.6. The number of piperidine rings is 1. The summed E-state index contributed by atoms with van der Waals surface area (Å²) in [6.07, 6.45) is 2.61. The first-order valence-electron chi connectivity index (χ1n) is 10.8. The average Bonchev–Trinajstić information content (AvgIpc) is 3.32. The maximum atomic E-state index is 13.6. The van der Waals surface area contributed by atoms with Crippen LogP contribution in [0.15, 0.2) is 70.5 Å². The number of nitrogens with one attached hydrogen (secondary N) is 1. The summed E-state index contributed by atoms with van der Waals surface area (Å²) in [5.41, 5.74) is 1.39. The highest BCUT2D eigenvalue weighted by atomic mass is 32.1. The second-order valence-electron chi connectivity index (χ2n) is 8.44. The lowest BCUT2D eigenvalue weighted by Gasteiger charge is -2.43. The van der Waals surface area contributed by atoms with Crippen molar-refractivity contribution in [2.75, 3.05) is 13.1 Å². The summed E-state index contributed by atoms with van der Waals surface area (Å²) in [5.74, 6) is -0.918. The molecule has 0 radical (unpaired) electrons. The first kappa shape index (κ1) is 21.3. The Morgan fingerprint density at radius 1 is 1.03 bits per heavy atom. The van der Waals surface area contributed by atoms with Gasteiger partial charge in [-0.1, -0.05) is 12.1 Å². The Morgan fingerprint density at radius 2 is 1.85 bits per heavy atom. The van der Waals surface area contributed by atoms with Crippen molar-refractivity contribution < 1.29 is 14.0 Å². The molecule has 2 atom stereocenters. The van der Waals surface area contributed by atoms with Gasteiger partial charge in [0.2, 0.25) is 0 Å². The number of aromatic nitrogens is 1. The molecule has 3 aromatic rings. The Labute approximate surface area is 194 Å². The molecular weight excluding hydrogens is 441 g/mol. The molecule has 4 heterocycles. The standard InChI is InChI=1S/C25H22FN3O3S/c26-19-8-6-17(7-9-19)24(31)27-21(12-20-3-2-10-33-20)25(32)28-13-16-11-18(15-28)22-4-1-5-23(30)29(22)14-16/h1-10,12,16,18H,11,13-15H2,(H,27,31). The number of carbonyl (C=O) groups is 2. The van der Waals surface area contributed by atoms with E-state index in [4.69, 9.17) is 0 Å². The molecule has 8 heteroatoms. The number of pyridine rings is 1. The highest BCUT2D eigenvalue weighted by Crippen LogP contribution is 2.35. The summed E-state index contributed by atoms with van der Waals surface area (Å²) in [6.45, 7) is 1.58. The topological polar surface area (TPSA) is 71.4 Å². The van der Waals surface area contributed by atoms with Crippen molar-refractivity contribution in [2.45, 2.75) is 18.9 Å². The third-order valence-corrected chi connectivity index (χ3v) is 7.00. The predicted molar refractivity (Wildman–Crippen MR) is 124 cm³/mol.